The van der Waals surface area contributed by atoms with Crippen molar-refractivity contribution in [2.75, 3.05) is 0 Å². The SMILES string of the molecule is c1ccc(-n2c3c(c4ccccc42)COc2ccccc2-3)cc1. The van der Waals surface area contributed by atoms with Crippen LogP contribution in [0, 0.1) is 0 Å². The lowest BCUT2D eigenvalue weighted by Gasteiger charge is -2.20. The first-order valence-corrected chi connectivity index (χ1v) is 7.83. The molecule has 0 saturated heterocycles. The molecule has 1 aliphatic heterocycles. The van der Waals surface area contributed by atoms with E-state index in [4.69, 9.17) is 4.74 Å². The van der Waals surface area contributed by atoms with E-state index in [1.165, 1.54) is 27.8 Å². The third-order valence-corrected chi connectivity index (χ3v) is 4.51. The Balaban J connectivity index is 1.95. The zero-order valence-electron chi connectivity index (χ0n) is 12.6. The lowest BCUT2D eigenvalue weighted by Crippen LogP contribution is -2.07. The molecule has 2 heterocycles. The molecule has 0 fully saturated rings. The summed E-state index contributed by atoms with van der Waals surface area (Å²) in [5.41, 5.74) is 6.09. The Morgan fingerprint density at radius 3 is 2.39 bits per heavy atom. The predicted molar refractivity (Wildman–Crippen MR) is 93.0 cm³/mol. The van der Waals surface area contributed by atoms with Crippen molar-refractivity contribution < 1.29 is 4.74 Å². The Kier molecular flexibility index (Phi) is 2.59. The van der Waals surface area contributed by atoms with Crippen molar-refractivity contribution >= 4 is 10.9 Å². The molecule has 5 rings (SSSR count). The largest absolute Gasteiger partial charge is 0.488 e. The van der Waals surface area contributed by atoms with E-state index in [9.17, 15) is 0 Å². The average Bonchev–Trinajstić information content (AvgIpc) is 2.97. The molecular weight excluding hydrogens is 282 g/mol. The Hall–Kier alpha value is -3.00. The molecule has 0 amide bonds. The molecule has 0 bridgehead atoms. The van der Waals surface area contributed by atoms with Gasteiger partial charge in [0.05, 0.1) is 11.2 Å². The first-order valence-electron chi connectivity index (χ1n) is 7.83. The number of benzene rings is 3. The molecule has 2 nitrogen and oxygen atoms in total. The Morgan fingerprint density at radius 2 is 1.48 bits per heavy atom. The van der Waals surface area contributed by atoms with Crippen molar-refractivity contribution in [1.29, 1.82) is 0 Å². The smallest absolute Gasteiger partial charge is 0.129 e. The van der Waals surface area contributed by atoms with Gasteiger partial charge in [-0.1, -0.05) is 48.5 Å². The highest BCUT2D eigenvalue weighted by atomic mass is 16.5. The zero-order chi connectivity index (χ0) is 15.2. The van der Waals surface area contributed by atoms with E-state index in [-0.39, 0.29) is 0 Å². The molecule has 3 aromatic carbocycles. The fourth-order valence-electron chi connectivity index (χ4n) is 3.52. The minimum Gasteiger partial charge on any atom is -0.488 e. The first kappa shape index (κ1) is 12.5. The van der Waals surface area contributed by atoms with Gasteiger partial charge < -0.3 is 9.30 Å². The molecule has 0 N–H and O–H groups in total. The van der Waals surface area contributed by atoms with Crippen LogP contribution < -0.4 is 4.74 Å². The molecule has 4 aromatic rings. The number of ether oxygens (including phenoxy) is 1. The summed E-state index contributed by atoms with van der Waals surface area (Å²) < 4.78 is 8.35. The second-order valence-corrected chi connectivity index (χ2v) is 5.80. The van der Waals surface area contributed by atoms with Gasteiger partial charge in [-0.2, -0.15) is 0 Å². The van der Waals surface area contributed by atoms with E-state index < -0.39 is 0 Å². The molecule has 2 heteroatoms. The molecule has 0 aliphatic carbocycles. The summed E-state index contributed by atoms with van der Waals surface area (Å²) in [5, 5.41) is 1.26. The predicted octanol–water partition coefficient (Wildman–Crippen LogP) is 5.19. The Labute approximate surface area is 134 Å². The van der Waals surface area contributed by atoms with Crippen molar-refractivity contribution in [2.45, 2.75) is 6.61 Å². The normalized spacial score (nSPS) is 12.5. The molecule has 0 radical (unpaired) electrons. The van der Waals surface area contributed by atoms with Gasteiger partial charge in [0, 0.05) is 22.2 Å². The first-order chi connectivity index (χ1) is 11.4. The summed E-state index contributed by atoms with van der Waals surface area (Å²) in [6.45, 7) is 0.618. The monoisotopic (exact) mass is 297 g/mol. The number of fused-ring (bicyclic) bond motifs is 5. The van der Waals surface area contributed by atoms with Crippen LogP contribution in [0.4, 0.5) is 0 Å². The van der Waals surface area contributed by atoms with Gasteiger partial charge in [0.1, 0.15) is 12.4 Å². The second kappa shape index (κ2) is 4.75. The second-order valence-electron chi connectivity index (χ2n) is 5.80. The van der Waals surface area contributed by atoms with Crippen molar-refractivity contribution in [3.63, 3.8) is 0 Å². The zero-order valence-corrected chi connectivity index (χ0v) is 12.6. The summed E-state index contributed by atoms with van der Waals surface area (Å²) in [6.07, 6.45) is 0. The average molecular weight is 297 g/mol. The molecule has 0 saturated carbocycles. The number of aromatic nitrogens is 1. The molecule has 0 spiro atoms. The summed E-state index contributed by atoms with van der Waals surface area (Å²) >= 11 is 0. The molecule has 0 unspecified atom stereocenters. The van der Waals surface area contributed by atoms with E-state index in [0.29, 0.717) is 6.61 Å². The number of rotatable bonds is 1. The fraction of sp³-hybridized carbons (Fsp3) is 0.0476. The lowest BCUT2D eigenvalue weighted by atomic mass is 10.0. The van der Waals surface area contributed by atoms with E-state index in [1.807, 2.05) is 12.1 Å². The molecular formula is C21H15NO. The van der Waals surface area contributed by atoms with E-state index in [1.54, 1.807) is 0 Å². The van der Waals surface area contributed by atoms with Crippen LogP contribution in [0.15, 0.2) is 78.9 Å². The van der Waals surface area contributed by atoms with Crippen LogP contribution in [0.5, 0.6) is 5.75 Å². The van der Waals surface area contributed by atoms with Gasteiger partial charge in [-0.15, -0.1) is 0 Å². The molecule has 110 valence electrons. The van der Waals surface area contributed by atoms with Crippen LogP contribution in [0.2, 0.25) is 0 Å². The van der Waals surface area contributed by atoms with Crippen LogP contribution in [0.3, 0.4) is 0 Å². The number of hydrogen-bond donors (Lipinski definition) is 0. The lowest BCUT2D eigenvalue weighted by molar-refractivity contribution is 0.303. The van der Waals surface area contributed by atoms with Crippen LogP contribution in [0.25, 0.3) is 27.8 Å². The number of nitrogens with zero attached hydrogens (tertiary/aromatic N) is 1. The van der Waals surface area contributed by atoms with Gasteiger partial charge in [0.2, 0.25) is 0 Å². The maximum atomic E-state index is 5.99. The Morgan fingerprint density at radius 1 is 0.739 bits per heavy atom. The van der Waals surface area contributed by atoms with Crippen molar-refractivity contribution in [1.82, 2.24) is 4.57 Å². The van der Waals surface area contributed by atoms with Crippen LogP contribution >= 0.6 is 0 Å². The van der Waals surface area contributed by atoms with E-state index >= 15 is 0 Å². The van der Waals surface area contributed by atoms with Crippen LogP contribution in [-0.2, 0) is 6.61 Å². The maximum Gasteiger partial charge on any atom is 0.129 e. The molecule has 1 aliphatic rings. The highest BCUT2D eigenvalue weighted by Crippen LogP contribution is 2.43. The van der Waals surface area contributed by atoms with Crippen LogP contribution in [-0.4, -0.2) is 4.57 Å². The maximum absolute atomic E-state index is 5.99. The van der Waals surface area contributed by atoms with Crippen molar-refractivity contribution in [3.8, 4) is 22.7 Å². The van der Waals surface area contributed by atoms with Gasteiger partial charge in [-0.25, -0.2) is 0 Å². The summed E-state index contributed by atoms with van der Waals surface area (Å²) in [6, 6.07) is 27.4. The van der Waals surface area contributed by atoms with Crippen LogP contribution in [0.1, 0.15) is 5.56 Å². The molecule has 0 atom stereocenters. The summed E-state index contributed by atoms with van der Waals surface area (Å²) in [5.74, 6) is 0.958. The highest BCUT2D eigenvalue weighted by molar-refractivity contribution is 5.95. The highest BCUT2D eigenvalue weighted by Gasteiger charge is 2.25. The molecule has 1 aromatic heterocycles. The van der Waals surface area contributed by atoms with Gasteiger partial charge >= 0.3 is 0 Å². The third-order valence-electron chi connectivity index (χ3n) is 4.51. The van der Waals surface area contributed by atoms with Gasteiger partial charge in [-0.3, -0.25) is 0 Å². The van der Waals surface area contributed by atoms with Crippen molar-refractivity contribution in [2.24, 2.45) is 0 Å². The van der Waals surface area contributed by atoms with Gasteiger partial charge in [0.25, 0.3) is 0 Å². The topological polar surface area (TPSA) is 14.2 Å². The van der Waals surface area contributed by atoms with E-state index in [0.717, 1.165) is 11.3 Å². The van der Waals surface area contributed by atoms with E-state index in [2.05, 4.69) is 71.3 Å². The summed E-state index contributed by atoms with van der Waals surface area (Å²) in [7, 11) is 0. The van der Waals surface area contributed by atoms with Gasteiger partial charge in [0.15, 0.2) is 0 Å². The minimum absolute atomic E-state index is 0.618. The number of hydrogen-bond acceptors (Lipinski definition) is 1. The quantitative estimate of drug-likeness (QED) is 0.471. The molecule has 23 heavy (non-hydrogen) atoms. The van der Waals surface area contributed by atoms with Gasteiger partial charge in [-0.05, 0) is 30.3 Å². The number of para-hydroxylation sites is 3. The third kappa shape index (κ3) is 1.75. The summed E-state index contributed by atoms with van der Waals surface area (Å²) in [4.78, 5) is 0. The minimum atomic E-state index is 0.618. The fourth-order valence-corrected chi connectivity index (χ4v) is 3.52. The van der Waals surface area contributed by atoms with Crippen molar-refractivity contribution in [3.05, 3.63) is 84.4 Å². The Bertz CT molecular complexity index is 1010. The standard InChI is InChI=1S/C21H15NO/c1-2-8-15(9-3-1)22-19-12-6-4-10-16(19)18-14-23-20-13-7-5-11-17(20)21(18)22/h1-13H,14H2.